The first-order valence-corrected chi connectivity index (χ1v) is 12.0. The Bertz CT molecular complexity index is 1450. The first-order valence-electron chi connectivity index (χ1n) is 12.0. The van der Waals surface area contributed by atoms with E-state index in [2.05, 4.69) is 25.3 Å². The molecular formula is C25H26F4N6O3. The number of aromatic nitrogens is 2. The number of piperazine rings is 1. The standard InChI is InChI=1S/C25H26F4N6O3/c1-9-8-35-15(7-32-9)11(3)37-24-17-16(10(2)19(23(36)31-4)33-22(17)35)18(27)20(34-24)13-5-12(30)6-14(26)21(13)38-25(28)29/h5-6,9,11,15,25,32H,7-8,30H2,1-4H3,(H,31,36). The summed E-state index contributed by atoms with van der Waals surface area (Å²) in [5.41, 5.74) is 4.82. The smallest absolute Gasteiger partial charge is 0.387 e. The van der Waals surface area contributed by atoms with Crippen LogP contribution in [0.4, 0.5) is 29.1 Å². The normalized spacial score (nSPS) is 20.7. The fourth-order valence-electron chi connectivity index (χ4n) is 5.12. The van der Waals surface area contributed by atoms with Crippen LogP contribution >= 0.6 is 0 Å². The SMILES string of the molecule is CNC(=O)c1nc2c3c(nc(-c4cc(N)cc(F)c4OC(F)F)c(F)c3c1C)OC(C)C1CNC(C)CN21. The van der Waals surface area contributed by atoms with Crippen LogP contribution in [0, 0.1) is 18.6 Å². The van der Waals surface area contributed by atoms with Crippen LogP contribution in [-0.2, 0) is 0 Å². The number of rotatable bonds is 4. The zero-order valence-electron chi connectivity index (χ0n) is 21.0. The Morgan fingerprint density at radius 3 is 2.68 bits per heavy atom. The molecule has 1 aromatic carbocycles. The van der Waals surface area contributed by atoms with Gasteiger partial charge in [-0.2, -0.15) is 8.78 Å². The number of ether oxygens (including phenoxy) is 2. The molecule has 0 spiro atoms. The number of fused-ring (bicyclic) bond motifs is 2. The lowest BCUT2D eigenvalue weighted by Gasteiger charge is -2.41. The van der Waals surface area contributed by atoms with Crippen LogP contribution in [0.1, 0.15) is 29.9 Å². The van der Waals surface area contributed by atoms with Gasteiger partial charge in [0.25, 0.3) is 5.91 Å². The van der Waals surface area contributed by atoms with Crippen LogP contribution in [0.15, 0.2) is 12.1 Å². The molecule has 3 aromatic rings. The number of nitrogens with one attached hydrogen (secondary N) is 2. The van der Waals surface area contributed by atoms with E-state index in [-0.39, 0.29) is 45.7 Å². The van der Waals surface area contributed by atoms with Crippen LogP contribution in [-0.4, -0.2) is 60.8 Å². The second-order valence-corrected chi connectivity index (χ2v) is 9.43. The number of carbonyl (C=O) groups excluding carboxylic acids is 1. The van der Waals surface area contributed by atoms with Crippen molar-refractivity contribution >= 4 is 28.2 Å². The minimum Gasteiger partial charge on any atom is -0.472 e. The number of aryl methyl sites for hydroxylation is 1. The number of benzene rings is 1. The van der Waals surface area contributed by atoms with Crippen molar-refractivity contribution in [2.75, 3.05) is 30.8 Å². The van der Waals surface area contributed by atoms with Crippen molar-refractivity contribution in [3.8, 4) is 22.9 Å². The Balaban J connectivity index is 1.89. The van der Waals surface area contributed by atoms with Crippen LogP contribution < -0.4 is 30.7 Å². The molecule has 4 N–H and O–H groups in total. The summed E-state index contributed by atoms with van der Waals surface area (Å²) >= 11 is 0. The summed E-state index contributed by atoms with van der Waals surface area (Å²) in [5, 5.41) is 6.06. The number of carbonyl (C=O) groups is 1. The molecule has 2 aromatic heterocycles. The van der Waals surface area contributed by atoms with Gasteiger partial charge in [-0.05, 0) is 32.4 Å². The van der Waals surface area contributed by atoms with Crippen molar-refractivity contribution < 1.29 is 31.8 Å². The summed E-state index contributed by atoms with van der Waals surface area (Å²) in [6.45, 7) is 2.93. The quantitative estimate of drug-likeness (QED) is 0.345. The van der Waals surface area contributed by atoms with Gasteiger partial charge in [0.1, 0.15) is 23.3 Å². The fraction of sp³-hybridized carbons (Fsp3) is 0.400. The number of pyridine rings is 2. The molecule has 2 aliphatic rings. The van der Waals surface area contributed by atoms with E-state index in [1.165, 1.54) is 14.0 Å². The number of nitrogens with two attached hydrogens (primary N) is 1. The van der Waals surface area contributed by atoms with Crippen LogP contribution in [0.3, 0.4) is 0 Å². The molecule has 5 rings (SSSR count). The van der Waals surface area contributed by atoms with Crippen molar-refractivity contribution in [2.45, 2.75) is 45.6 Å². The zero-order valence-corrected chi connectivity index (χ0v) is 21.0. The molecule has 0 aliphatic carbocycles. The number of nitrogen functional groups attached to an aromatic ring is 1. The highest BCUT2D eigenvalue weighted by molar-refractivity contribution is 6.06. The van der Waals surface area contributed by atoms with Gasteiger partial charge in [0.2, 0.25) is 5.88 Å². The lowest BCUT2D eigenvalue weighted by molar-refractivity contribution is -0.0517. The van der Waals surface area contributed by atoms with E-state index < -0.39 is 47.3 Å². The summed E-state index contributed by atoms with van der Waals surface area (Å²) in [4.78, 5) is 23.8. The van der Waals surface area contributed by atoms with E-state index >= 15 is 4.39 Å². The van der Waals surface area contributed by atoms with Crippen molar-refractivity contribution in [3.05, 3.63) is 35.0 Å². The van der Waals surface area contributed by atoms with Gasteiger partial charge in [-0.15, -0.1) is 0 Å². The van der Waals surface area contributed by atoms with Crippen molar-refractivity contribution in [1.29, 1.82) is 0 Å². The minimum absolute atomic E-state index is 0.0284. The maximum atomic E-state index is 16.5. The molecule has 202 valence electrons. The molecule has 0 bridgehead atoms. The monoisotopic (exact) mass is 534 g/mol. The Hall–Kier alpha value is -3.87. The minimum atomic E-state index is -3.39. The average molecular weight is 535 g/mol. The van der Waals surface area contributed by atoms with Gasteiger partial charge in [0.15, 0.2) is 17.4 Å². The van der Waals surface area contributed by atoms with E-state index in [1.807, 2.05) is 18.7 Å². The second kappa shape index (κ2) is 9.46. The van der Waals surface area contributed by atoms with Gasteiger partial charge in [-0.3, -0.25) is 4.79 Å². The van der Waals surface area contributed by atoms with Crippen molar-refractivity contribution in [3.63, 3.8) is 0 Å². The van der Waals surface area contributed by atoms with Crippen LogP contribution in [0.2, 0.25) is 0 Å². The molecule has 0 saturated carbocycles. The molecule has 1 amide bonds. The van der Waals surface area contributed by atoms with Crippen molar-refractivity contribution in [2.24, 2.45) is 0 Å². The fourth-order valence-corrected chi connectivity index (χ4v) is 5.12. The molecule has 13 heteroatoms. The van der Waals surface area contributed by atoms with E-state index in [0.29, 0.717) is 18.9 Å². The second-order valence-electron chi connectivity index (χ2n) is 9.43. The number of hydrogen-bond acceptors (Lipinski definition) is 8. The number of anilines is 2. The zero-order chi connectivity index (χ0) is 27.5. The Labute approximate surface area is 215 Å². The Kier molecular flexibility index (Phi) is 6.41. The maximum absolute atomic E-state index is 16.5. The van der Waals surface area contributed by atoms with Gasteiger partial charge in [-0.1, -0.05) is 0 Å². The lowest BCUT2D eigenvalue weighted by Crippen LogP contribution is -2.60. The Morgan fingerprint density at radius 1 is 1.26 bits per heavy atom. The van der Waals surface area contributed by atoms with E-state index in [1.54, 1.807) is 0 Å². The molecule has 1 fully saturated rings. The predicted octanol–water partition coefficient (Wildman–Crippen LogP) is 3.37. The predicted molar refractivity (Wildman–Crippen MR) is 133 cm³/mol. The lowest BCUT2D eigenvalue weighted by atomic mass is 9.99. The van der Waals surface area contributed by atoms with Gasteiger partial charge in [-0.25, -0.2) is 18.7 Å². The molecular weight excluding hydrogens is 508 g/mol. The molecule has 38 heavy (non-hydrogen) atoms. The number of nitrogens with zero attached hydrogens (tertiary/aromatic N) is 3. The molecule has 0 radical (unpaired) electrons. The number of alkyl halides is 2. The van der Waals surface area contributed by atoms with Crippen molar-refractivity contribution in [1.82, 2.24) is 20.6 Å². The third-order valence-electron chi connectivity index (χ3n) is 6.90. The molecule has 3 atom stereocenters. The third kappa shape index (κ3) is 4.10. The van der Waals surface area contributed by atoms with E-state index in [9.17, 15) is 18.0 Å². The van der Waals surface area contributed by atoms with Crippen LogP contribution in [0.5, 0.6) is 11.6 Å². The average Bonchev–Trinajstić information content (AvgIpc) is 2.96. The highest BCUT2D eigenvalue weighted by Gasteiger charge is 2.39. The highest BCUT2D eigenvalue weighted by atomic mass is 19.3. The summed E-state index contributed by atoms with van der Waals surface area (Å²) < 4.78 is 68.2. The molecule has 1 saturated heterocycles. The van der Waals surface area contributed by atoms with Gasteiger partial charge in [0, 0.05) is 43.3 Å². The van der Waals surface area contributed by atoms with E-state index in [0.717, 1.165) is 12.1 Å². The largest absolute Gasteiger partial charge is 0.472 e. The number of amides is 1. The summed E-state index contributed by atoms with van der Waals surface area (Å²) in [6, 6.07) is 1.70. The maximum Gasteiger partial charge on any atom is 0.387 e. The number of halogens is 4. The highest BCUT2D eigenvalue weighted by Crippen LogP contribution is 2.45. The van der Waals surface area contributed by atoms with E-state index in [4.69, 9.17) is 10.5 Å². The first-order chi connectivity index (χ1) is 18.0. The number of hydrogen-bond donors (Lipinski definition) is 3. The molecule has 2 aliphatic heterocycles. The molecule has 4 heterocycles. The molecule has 9 nitrogen and oxygen atoms in total. The third-order valence-corrected chi connectivity index (χ3v) is 6.90. The summed E-state index contributed by atoms with van der Waals surface area (Å²) in [7, 11) is 1.43. The van der Waals surface area contributed by atoms with Gasteiger partial charge >= 0.3 is 6.61 Å². The molecule has 3 unspecified atom stereocenters. The first kappa shape index (κ1) is 25.8. The van der Waals surface area contributed by atoms with Gasteiger partial charge in [0.05, 0.1) is 17.0 Å². The summed E-state index contributed by atoms with van der Waals surface area (Å²) in [5.74, 6) is -3.39. The van der Waals surface area contributed by atoms with Crippen LogP contribution in [0.25, 0.3) is 22.0 Å². The Morgan fingerprint density at radius 2 is 2.00 bits per heavy atom. The topological polar surface area (TPSA) is 115 Å². The van der Waals surface area contributed by atoms with Gasteiger partial charge < -0.3 is 30.7 Å². The summed E-state index contributed by atoms with van der Waals surface area (Å²) in [6.07, 6.45) is -0.476.